The van der Waals surface area contributed by atoms with Crippen molar-refractivity contribution in [3.63, 3.8) is 0 Å². The lowest BCUT2D eigenvalue weighted by Gasteiger charge is -2.57. The molecule has 11 heteroatoms. The fourth-order valence-electron chi connectivity index (χ4n) is 10.4. The molecule has 5 rings (SSSR count). The molecule has 0 saturated carbocycles. The van der Waals surface area contributed by atoms with Gasteiger partial charge in [-0.25, -0.2) is 10.6 Å². The summed E-state index contributed by atoms with van der Waals surface area (Å²) in [6.07, 6.45) is 28.8. The van der Waals surface area contributed by atoms with Gasteiger partial charge in [-0.1, -0.05) is 90.2 Å². The van der Waals surface area contributed by atoms with Crippen LogP contribution in [0.25, 0.3) is 0 Å². The van der Waals surface area contributed by atoms with E-state index in [2.05, 4.69) is 48.9 Å². The van der Waals surface area contributed by atoms with Crippen molar-refractivity contribution in [2.75, 3.05) is 13.1 Å². The molecule has 0 aliphatic carbocycles. The number of unbranched alkanes of at least 4 members (excludes halogenated alkanes) is 10. The highest BCUT2D eigenvalue weighted by atomic mass is 16.6. The second kappa shape index (κ2) is 21.8. The van der Waals surface area contributed by atoms with Crippen molar-refractivity contribution in [1.29, 1.82) is 0 Å². The van der Waals surface area contributed by atoms with E-state index in [4.69, 9.17) is 19.9 Å². The molecule has 5 fully saturated rings. The van der Waals surface area contributed by atoms with Gasteiger partial charge in [-0.3, -0.25) is 9.59 Å². The van der Waals surface area contributed by atoms with Gasteiger partial charge in [0.1, 0.15) is 29.7 Å². The summed E-state index contributed by atoms with van der Waals surface area (Å²) >= 11 is 0. The predicted octanol–water partition coefficient (Wildman–Crippen LogP) is 5.24. The molecular formula is C43H78N5O6+. The van der Waals surface area contributed by atoms with Gasteiger partial charge in [-0.15, -0.1) is 0 Å². The van der Waals surface area contributed by atoms with Crippen molar-refractivity contribution < 1.29 is 33.8 Å². The summed E-state index contributed by atoms with van der Waals surface area (Å²) in [7, 11) is 0. The van der Waals surface area contributed by atoms with E-state index < -0.39 is 11.8 Å². The second-order valence-electron chi connectivity index (χ2n) is 17.4. The number of rotatable bonds is 23. The number of amides is 1. The SMILES string of the molecule is CCC=CC1CCC2(CC3CCC4C(C(=O)OC(CC)CCCCCCCCCCCCCC(O)C(=O)NCCCN)C5(CCCC(C)O5)NC(N2)[NH+]34)O1. The first kappa shape index (κ1) is 43.5. The molecule has 7 N–H and O–H groups in total. The van der Waals surface area contributed by atoms with Crippen LogP contribution in [0.15, 0.2) is 12.2 Å². The van der Waals surface area contributed by atoms with E-state index in [1.54, 1.807) is 0 Å². The summed E-state index contributed by atoms with van der Waals surface area (Å²) in [6.45, 7) is 7.56. The molecular weight excluding hydrogens is 683 g/mol. The molecule has 11 atom stereocenters. The van der Waals surface area contributed by atoms with Crippen molar-refractivity contribution in [2.24, 2.45) is 11.7 Å². The lowest BCUT2D eigenvalue weighted by molar-refractivity contribution is -0.985. The number of hydrogen-bond acceptors (Lipinski definition) is 9. The summed E-state index contributed by atoms with van der Waals surface area (Å²) in [5.74, 6) is -0.634. The van der Waals surface area contributed by atoms with E-state index in [0.29, 0.717) is 25.6 Å². The maximum atomic E-state index is 14.4. The Kier molecular flexibility index (Phi) is 17.6. The van der Waals surface area contributed by atoms with Gasteiger partial charge < -0.3 is 35.3 Å². The number of aliphatic hydroxyl groups excluding tert-OH is 1. The normalized spacial score (nSPS) is 34.4. The number of quaternary nitrogens is 1. The minimum absolute atomic E-state index is 0.000702. The van der Waals surface area contributed by atoms with Crippen LogP contribution in [0, 0.1) is 5.92 Å². The van der Waals surface area contributed by atoms with Crippen molar-refractivity contribution in [3.05, 3.63) is 12.2 Å². The number of nitrogens with two attached hydrogens (primary N) is 1. The Balaban J connectivity index is 1.00. The molecule has 54 heavy (non-hydrogen) atoms. The molecule has 5 aliphatic heterocycles. The molecule has 11 nitrogen and oxygen atoms in total. The summed E-state index contributed by atoms with van der Waals surface area (Å²) < 4.78 is 20.1. The Morgan fingerprint density at radius 3 is 2.30 bits per heavy atom. The number of allylic oxidation sites excluding steroid dienone is 1. The highest BCUT2D eigenvalue weighted by Crippen LogP contribution is 2.43. The number of ether oxygens (including phenoxy) is 3. The highest BCUT2D eigenvalue weighted by Gasteiger charge is 2.67. The number of esters is 1. The van der Waals surface area contributed by atoms with Gasteiger partial charge in [0, 0.05) is 25.8 Å². The monoisotopic (exact) mass is 761 g/mol. The first-order chi connectivity index (χ1) is 26.2. The number of aliphatic hydroxyl groups is 1. The van der Waals surface area contributed by atoms with Crippen LogP contribution in [0.5, 0.6) is 0 Å². The maximum absolute atomic E-state index is 14.4. The predicted molar refractivity (Wildman–Crippen MR) is 212 cm³/mol. The van der Waals surface area contributed by atoms with Crippen LogP contribution in [0.3, 0.4) is 0 Å². The van der Waals surface area contributed by atoms with Gasteiger partial charge in [-0.2, -0.15) is 0 Å². The molecule has 5 aliphatic rings. The second-order valence-corrected chi connectivity index (χ2v) is 17.4. The van der Waals surface area contributed by atoms with Crippen molar-refractivity contribution in [2.45, 2.75) is 229 Å². The lowest BCUT2D eigenvalue weighted by atomic mass is 9.79. The van der Waals surface area contributed by atoms with Gasteiger partial charge in [0.2, 0.25) is 12.2 Å². The molecule has 1 amide bonds. The summed E-state index contributed by atoms with van der Waals surface area (Å²) in [6, 6.07) is 0.632. The minimum atomic E-state index is -0.900. The number of hydrogen-bond donors (Lipinski definition) is 6. The summed E-state index contributed by atoms with van der Waals surface area (Å²) in [5.41, 5.74) is 4.42. The first-order valence-corrected chi connectivity index (χ1v) is 22.5. The van der Waals surface area contributed by atoms with Gasteiger partial charge >= 0.3 is 5.97 Å². The van der Waals surface area contributed by atoms with Crippen molar-refractivity contribution in [1.82, 2.24) is 16.0 Å². The van der Waals surface area contributed by atoms with Crippen molar-refractivity contribution in [3.8, 4) is 0 Å². The van der Waals surface area contributed by atoms with E-state index in [-0.39, 0.29) is 54.2 Å². The van der Waals surface area contributed by atoms with Crippen LogP contribution in [-0.4, -0.2) is 84.3 Å². The molecule has 5 saturated heterocycles. The van der Waals surface area contributed by atoms with Crippen LogP contribution >= 0.6 is 0 Å². The topological polar surface area (TPSA) is 149 Å². The van der Waals surface area contributed by atoms with Crippen LogP contribution in [-0.2, 0) is 23.8 Å². The fourth-order valence-corrected chi connectivity index (χ4v) is 10.4. The average molecular weight is 761 g/mol. The van der Waals surface area contributed by atoms with Crippen LogP contribution < -0.4 is 26.6 Å². The summed E-state index contributed by atoms with van der Waals surface area (Å²) in [5, 5.41) is 20.6. The number of carbonyl (C=O) groups excluding carboxylic acids is 2. The molecule has 0 aromatic carbocycles. The third-order valence-electron chi connectivity index (χ3n) is 13.2. The van der Waals surface area contributed by atoms with Gasteiger partial charge in [0.15, 0.2) is 5.92 Å². The van der Waals surface area contributed by atoms with Crippen LogP contribution in [0.4, 0.5) is 0 Å². The third kappa shape index (κ3) is 11.7. The largest absolute Gasteiger partial charge is 0.462 e. The molecule has 0 aromatic heterocycles. The smallest absolute Gasteiger partial charge is 0.319 e. The van der Waals surface area contributed by atoms with E-state index >= 15 is 0 Å². The van der Waals surface area contributed by atoms with Crippen LogP contribution in [0.2, 0.25) is 0 Å². The quantitative estimate of drug-likeness (QED) is 0.0467. The third-order valence-corrected chi connectivity index (χ3v) is 13.2. The minimum Gasteiger partial charge on any atom is -0.462 e. The van der Waals surface area contributed by atoms with Gasteiger partial charge in [-0.05, 0) is 84.1 Å². The molecule has 5 heterocycles. The van der Waals surface area contributed by atoms with E-state index in [1.165, 1.54) is 49.8 Å². The van der Waals surface area contributed by atoms with Gasteiger partial charge in [0.25, 0.3) is 0 Å². The first-order valence-electron chi connectivity index (χ1n) is 22.5. The zero-order valence-electron chi connectivity index (χ0n) is 34.2. The Morgan fingerprint density at radius 2 is 1.63 bits per heavy atom. The standard InChI is InChI=1S/C43H77N5O6/c1-4-6-21-35-26-28-42(54-35)31-33-24-25-36-38(43(27-18-20-32(3)53-43)47-41(46-42)48(33)36)40(51)52-34(5-2)22-16-14-12-10-8-7-9-11-13-15-17-23-37(49)39(50)45-30-19-29-44/h6,21,32-38,41,46-47,49H,4-5,7-20,22-31,44H2,1-3H3,(H,45,50)/p+1. The molecule has 0 radical (unpaired) electrons. The van der Waals surface area contributed by atoms with Crippen LogP contribution in [0.1, 0.15) is 175 Å². The Morgan fingerprint density at radius 1 is 0.926 bits per heavy atom. The molecule has 11 unspecified atom stereocenters. The van der Waals surface area contributed by atoms with Crippen molar-refractivity contribution >= 4 is 11.9 Å². The fraction of sp³-hybridized carbons (Fsp3) is 0.907. The average Bonchev–Trinajstić information content (AvgIpc) is 3.75. The zero-order valence-corrected chi connectivity index (χ0v) is 34.2. The van der Waals surface area contributed by atoms with E-state index in [0.717, 1.165) is 103 Å². The van der Waals surface area contributed by atoms with E-state index in [9.17, 15) is 14.7 Å². The number of nitrogens with one attached hydrogen (secondary N) is 4. The van der Waals surface area contributed by atoms with E-state index in [1.807, 2.05) is 0 Å². The number of carbonyl (C=O) groups is 2. The lowest BCUT2D eigenvalue weighted by Crippen LogP contribution is -3.28. The summed E-state index contributed by atoms with van der Waals surface area (Å²) in [4.78, 5) is 27.7. The Labute approximate surface area is 327 Å². The Hall–Kier alpha value is -1.60. The molecule has 310 valence electrons. The zero-order chi connectivity index (χ0) is 38.4. The van der Waals surface area contributed by atoms with Gasteiger partial charge in [0.05, 0.1) is 18.2 Å². The Bertz CT molecular complexity index is 1180. The molecule has 2 spiro atoms. The maximum Gasteiger partial charge on any atom is 0.319 e. The molecule has 0 bridgehead atoms. The highest BCUT2D eigenvalue weighted by molar-refractivity contribution is 5.80. The molecule has 0 aromatic rings.